The molecule has 154 valence electrons. The van der Waals surface area contributed by atoms with E-state index in [0.29, 0.717) is 25.1 Å². The zero-order chi connectivity index (χ0) is 18.9. The third-order valence-corrected chi connectivity index (χ3v) is 6.46. The van der Waals surface area contributed by atoms with Gasteiger partial charge in [-0.2, -0.15) is 17.4 Å². The molecule has 0 aliphatic carbocycles. The number of hydrogen-bond donors (Lipinski definition) is 2. The minimum Gasteiger partial charge on any atom is -0.373 e. The molecule has 2 aliphatic rings. The highest BCUT2D eigenvalue weighted by Crippen LogP contribution is 2.28. The van der Waals surface area contributed by atoms with Crippen molar-refractivity contribution in [2.24, 2.45) is 0 Å². The predicted molar refractivity (Wildman–Crippen MR) is 101 cm³/mol. The highest BCUT2D eigenvalue weighted by atomic mass is 35.5. The number of nitrogens with zero attached hydrogens (tertiary/aromatic N) is 1. The summed E-state index contributed by atoms with van der Waals surface area (Å²) in [4.78, 5) is 0. The Kier molecular flexibility index (Phi) is 7.57. The molecule has 2 aliphatic heterocycles. The zero-order valence-corrected chi connectivity index (χ0v) is 17.0. The fraction of sp³-hybridized carbons (Fsp3) is 0.647. The largest absolute Gasteiger partial charge is 0.373 e. The summed E-state index contributed by atoms with van der Waals surface area (Å²) in [5.74, 6) is -2.05. The van der Waals surface area contributed by atoms with Gasteiger partial charge in [-0.1, -0.05) is 6.07 Å². The highest BCUT2D eigenvalue weighted by molar-refractivity contribution is 7.87. The molecule has 2 heterocycles. The topological polar surface area (TPSA) is 70.7 Å². The molecule has 27 heavy (non-hydrogen) atoms. The molecule has 0 saturated carbocycles. The second-order valence-electron chi connectivity index (χ2n) is 7.08. The Balaban J connectivity index is 0.00000261. The first-order chi connectivity index (χ1) is 12.3. The Hall–Kier alpha value is -0.840. The Morgan fingerprint density at radius 2 is 1.85 bits per heavy atom. The van der Waals surface area contributed by atoms with Crippen LogP contribution >= 0.6 is 12.4 Å². The quantitative estimate of drug-likeness (QED) is 0.771. The van der Waals surface area contributed by atoms with Crippen LogP contribution in [0.4, 0.5) is 8.78 Å². The van der Waals surface area contributed by atoms with Gasteiger partial charge >= 0.3 is 0 Å². The van der Waals surface area contributed by atoms with E-state index in [1.165, 1.54) is 10.4 Å². The van der Waals surface area contributed by atoms with Crippen molar-refractivity contribution in [3.63, 3.8) is 0 Å². The summed E-state index contributed by atoms with van der Waals surface area (Å²) in [5, 5.41) is 3.17. The maximum absolute atomic E-state index is 13.6. The Morgan fingerprint density at radius 3 is 2.48 bits per heavy atom. The summed E-state index contributed by atoms with van der Waals surface area (Å²) in [6.07, 6.45) is 0.275. The molecule has 6 nitrogen and oxygen atoms in total. The van der Waals surface area contributed by atoms with Gasteiger partial charge in [0.2, 0.25) is 0 Å². The Labute approximate surface area is 165 Å². The minimum absolute atomic E-state index is 0. The normalized spacial score (nSPS) is 29.9. The van der Waals surface area contributed by atoms with E-state index < -0.39 is 27.9 Å². The number of morpholine rings is 1. The lowest BCUT2D eigenvalue weighted by Gasteiger charge is -2.38. The van der Waals surface area contributed by atoms with Crippen LogP contribution in [0.1, 0.15) is 31.7 Å². The maximum atomic E-state index is 13.6. The van der Waals surface area contributed by atoms with Crippen LogP contribution in [0.2, 0.25) is 0 Å². The Morgan fingerprint density at radius 1 is 1.19 bits per heavy atom. The van der Waals surface area contributed by atoms with Gasteiger partial charge in [0.25, 0.3) is 10.2 Å². The molecule has 0 amide bonds. The van der Waals surface area contributed by atoms with Crippen LogP contribution in [0, 0.1) is 11.6 Å². The van der Waals surface area contributed by atoms with E-state index in [1.54, 1.807) is 0 Å². The summed E-state index contributed by atoms with van der Waals surface area (Å²) in [5.41, 5.74) is 0.599. The van der Waals surface area contributed by atoms with Gasteiger partial charge in [-0.05, 0) is 44.5 Å². The summed E-state index contributed by atoms with van der Waals surface area (Å²) >= 11 is 0. The van der Waals surface area contributed by atoms with Crippen LogP contribution in [0.15, 0.2) is 18.2 Å². The smallest absolute Gasteiger partial charge is 0.279 e. The third-order valence-electron chi connectivity index (χ3n) is 4.88. The van der Waals surface area contributed by atoms with Crippen molar-refractivity contribution in [2.75, 3.05) is 26.2 Å². The van der Waals surface area contributed by atoms with E-state index >= 15 is 0 Å². The van der Waals surface area contributed by atoms with E-state index in [2.05, 4.69) is 10.0 Å². The maximum Gasteiger partial charge on any atom is 0.279 e. The number of ether oxygens (including phenoxy) is 1. The fourth-order valence-corrected chi connectivity index (χ4v) is 5.31. The average molecular weight is 426 g/mol. The molecule has 1 aromatic rings. The van der Waals surface area contributed by atoms with Gasteiger partial charge in [-0.3, -0.25) is 0 Å². The van der Waals surface area contributed by atoms with E-state index in [0.717, 1.165) is 12.1 Å². The predicted octanol–water partition coefficient (Wildman–Crippen LogP) is 1.78. The summed E-state index contributed by atoms with van der Waals surface area (Å²) in [6.45, 7) is 5.37. The monoisotopic (exact) mass is 425 g/mol. The van der Waals surface area contributed by atoms with Crippen molar-refractivity contribution >= 4 is 22.6 Å². The van der Waals surface area contributed by atoms with Gasteiger partial charge in [0.1, 0.15) is 0 Å². The number of nitrogens with one attached hydrogen (secondary N) is 2. The van der Waals surface area contributed by atoms with Crippen LogP contribution in [0.5, 0.6) is 0 Å². The van der Waals surface area contributed by atoms with Crippen LogP contribution in [-0.4, -0.2) is 57.2 Å². The number of rotatable bonds is 4. The molecule has 1 aromatic carbocycles. The summed E-state index contributed by atoms with van der Waals surface area (Å²) in [6, 6.07) is 3.33. The molecule has 10 heteroatoms. The average Bonchev–Trinajstić information content (AvgIpc) is 2.57. The number of halogens is 3. The van der Waals surface area contributed by atoms with Gasteiger partial charge in [-0.15, -0.1) is 12.4 Å². The van der Waals surface area contributed by atoms with Crippen molar-refractivity contribution in [3.05, 3.63) is 35.4 Å². The van der Waals surface area contributed by atoms with Crippen molar-refractivity contribution in [1.29, 1.82) is 0 Å². The number of piperidine rings is 1. The second-order valence-corrected chi connectivity index (χ2v) is 8.78. The molecule has 2 N–H and O–H groups in total. The molecule has 2 saturated heterocycles. The van der Waals surface area contributed by atoms with Crippen LogP contribution in [0.25, 0.3) is 0 Å². The van der Waals surface area contributed by atoms with E-state index in [1.807, 2.05) is 13.8 Å². The fourth-order valence-electron chi connectivity index (χ4n) is 3.72. The first-order valence-corrected chi connectivity index (χ1v) is 10.3. The second kappa shape index (κ2) is 9.11. The highest BCUT2D eigenvalue weighted by Gasteiger charge is 2.36. The molecular weight excluding hydrogens is 400 g/mol. The van der Waals surface area contributed by atoms with E-state index in [9.17, 15) is 17.2 Å². The molecule has 0 bridgehead atoms. The third kappa shape index (κ3) is 5.36. The van der Waals surface area contributed by atoms with Crippen LogP contribution < -0.4 is 10.0 Å². The molecule has 2 fully saturated rings. The van der Waals surface area contributed by atoms with Crippen LogP contribution in [-0.2, 0) is 14.9 Å². The zero-order valence-electron chi connectivity index (χ0n) is 15.3. The molecule has 4 unspecified atom stereocenters. The first kappa shape index (κ1) is 22.4. The number of benzene rings is 1. The molecule has 4 atom stereocenters. The van der Waals surface area contributed by atoms with Crippen molar-refractivity contribution in [1.82, 2.24) is 14.3 Å². The van der Waals surface area contributed by atoms with Crippen molar-refractivity contribution < 1.29 is 21.9 Å². The first-order valence-electron chi connectivity index (χ1n) is 8.85. The van der Waals surface area contributed by atoms with Crippen molar-refractivity contribution in [3.8, 4) is 0 Å². The molecule has 0 aromatic heterocycles. The van der Waals surface area contributed by atoms with Gasteiger partial charge < -0.3 is 10.1 Å². The van der Waals surface area contributed by atoms with E-state index in [4.69, 9.17) is 4.74 Å². The Bertz CT molecular complexity index is 743. The van der Waals surface area contributed by atoms with Crippen LogP contribution in [0.3, 0.4) is 0 Å². The van der Waals surface area contributed by atoms with Crippen molar-refractivity contribution in [2.45, 2.75) is 44.4 Å². The standard InChI is InChI=1S/C17H25F2N3O3S.ClH/c1-11-9-22(10-12(2)25-11)26(23,24)21-17-8-20-6-5-14(17)13-3-4-15(18)16(19)7-13;/h3-4,7,11-12,14,17,20-21H,5-6,8-10H2,1-2H3;1H. The molecule has 3 rings (SSSR count). The lowest BCUT2D eigenvalue weighted by atomic mass is 9.86. The number of hydrogen-bond acceptors (Lipinski definition) is 4. The summed E-state index contributed by atoms with van der Waals surface area (Å²) in [7, 11) is -3.71. The molecule has 0 spiro atoms. The van der Waals surface area contributed by atoms with E-state index in [-0.39, 0.29) is 43.6 Å². The van der Waals surface area contributed by atoms with Gasteiger partial charge in [0.15, 0.2) is 11.6 Å². The summed E-state index contributed by atoms with van der Waals surface area (Å²) < 4.78 is 62.3. The molecular formula is C17H26ClF2N3O3S. The SMILES string of the molecule is CC1CN(S(=O)(=O)NC2CNCCC2c2ccc(F)c(F)c2)CC(C)O1.Cl. The minimum atomic E-state index is -3.71. The lowest BCUT2D eigenvalue weighted by Crippen LogP contribution is -2.57. The van der Waals surface area contributed by atoms with Gasteiger partial charge in [0.05, 0.1) is 12.2 Å². The van der Waals surface area contributed by atoms with Gasteiger partial charge in [-0.25, -0.2) is 8.78 Å². The lowest BCUT2D eigenvalue weighted by molar-refractivity contribution is -0.0445. The molecule has 0 radical (unpaired) electrons. The van der Waals surface area contributed by atoms with Gasteiger partial charge in [0, 0.05) is 31.6 Å².